The molecule has 3 heteroatoms. The molecule has 0 spiro atoms. The lowest BCUT2D eigenvalue weighted by Gasteiger charge is -2.13. The van der Waals surface area contributed by atoms with E-state index in [4.69, 9.17) is 11.2 Å². The fraction of sp³-hybridized carbons (Fsp3) is 0.0769. The molecule has 0 saturated heterocycles. The van der Waals surface area contributed by atoms with E-state index in [1.807, 2.05) is 49.4 Å². The second-order valence-corrected chi connectivity index (χ2v) is 7.15. The average Bonchev–Trinajstić information content (AvgIpc) is 2.30. The third-order valence-corrected chi connectivity index (χ3v) is 5.73. The van der Waals surface area contributed by atoms with E-state index >= 15 is 0 Å². The molecule has 16 heavy (non-hydrogen) atoms. The summed E-state index contributed by atoms with van der Waals surface area (Å²) in [6.45, 7) is -1.04. The summed E-state index contributed by atoms with van der Waals surface area (Å²) in [6, 6.07) is 16.7. The van der Waals surface area contributed by atoms with Crippen molar-refractivity contribution in [3.05, 3.63) is 60.2 Å². The Bertz CT molecular complexity index is 537. The van der Waals surface area contributed by atoms with E-state index in [0.717, 1.165) is 10.9 Å². The number of halogens is 1. The van der Waals surface area contributed by atoms with E-state index in [-0.39, 0.29) is 0 Å². The topological polar surface area (TPSA) is 17.1 Å². The van der Waals surface area contributed by atoms with Gasteiger partial charge >= 0.3 is 0 Å². The first kappa shape index (κ1) is 11.4. The van der Waals surface area contributed by atoms with E-state index < -0.39 is 6.49 Å². The molecule has 1 atom stereocenters. The van der Waals surface area contributed by atoms with E-state index in [1.165, 1.54) is 0 Å². The second-order valence-electron chi connectivity index (χ2n) is 3.65. The normalized spacial score (nSPS) is 14.4. The highest BCUT2D eigenvalue weighted by molar-refractivity contribution is 8.00. The zero-order valence-electron chi connectivity index (χ0n) is 8.93. The van der Waals surface area contributed by atoms with Gasteiger partial charge in [-0.25, -0.2) is 0 Å². The number of benzene rings is 2. The predicted molar refractivity (Wildman–Crippen MR) is 70.3 cm³/mol. The average molecular weight is 251 g/mol. The molecule has 2 aromatic rings. The minimum atomic E-state index is -2.96. The van der Waals surface area contributed by atoms with E-state index in [0.29, 0.717) is 5.30 Å². The number of aryl methyl sites for hydroxylation is 1. The van der Waals surface area contributed by atoms with Gasteiger partial charge in [0.2, 0.25) is 6.49 Å². The Hall–Kier alpha value is -1.04. The van der Waals surface area contributed by atoms with Crippen LogP contribution in [-0.4, -0.2) is 0 Å². The van der Waals surface area contributed by atoms with Crippen LogP contribution in [0.2, 0.25) is 0 Å². The fourth-order valence-electron chi connectivity index (χ4n) is 1.64. The Morgan fingerprint density at radius 2 is 1.50 bits per heavy atom. The van der Waals surface area contributed by atoms with Gasteiger partial charge in [-0.15, -0.1) is 0 Å². The first-order chi connectivity index (χ1) is 7.62. The lowest BCUT2D eigenvalue weighted by molar-refractivity contribution is 0.595. The van der Waals surface area contributed by atoms with Crippen LogP contribution >= 0.6 is 17.7 Å². The van der Waals surface area contributed by atoms with Crippen LogP contribution in [0.25, 0.3) is 0 Å². The largest absolute Gasteiger partial charge is 0.296 e. The first-order valence-corrected chi connectivity index (χ1v) is 7.65. The lowest BCUT2D eigenvalue weighted by atomic mass is 10.2. The van der Waals surface area contributed by atoms with E-state index in [2.05, 4.69) is 0 Å². The van der Waals surface area contributed by atoms with Gasteiger partial charge in [0, 0.05) is 10.6 Å². The minimum Gasteiger partial charge on any atom is -0.296 e. The van der Waals surface area contributed by atoms with Gasteiger partial charge in [-0.2, -0.15) is 0 Å². The molecule has 0 aliphatic carbocycles. The van der Waals surface area contributed by atoms with Crippen LogP contribution in [0.4, 0.5) is 0 Å². The third kappa shape index (κ3) is 2.07. The highest BCUT2D eigenvalue weighted by Crippen LogP contribution is 2.49. The second kappa shape index (κ2) is 4.45. The van der Waals surface area contributed by atoms with Gasteiger partial charge in [0.25, 0.3) is 0 Å². The summed E-state index contributed by atoms with van der Waals surface area (Å²) in [5, 5.41) is 1.41. The van der Waals surface area contributed by atoms with Crippen LogP contribution < -0.4 is 10.6 Å². The standard InChI is InChI=1S/C13H12ClOP/c1-11-7-5-6-10-13(11)16(14,15)12-8-3-2-4-9-12/h2-10H,1H3. The summed E-state index contributed by atoms with van der Waals surface area (Å²) < 4.78 is 12.6. The van der Waals surface area contributed by atoms with Gasteiger partial charge in [0.15, 0.2) is 0 Å². The van der Waals surface area contributed by atoms with Crippen molar-refractivity contribution in [2.24, 2.45) is 0 Å². The predicted octanol–water partition coefficient (Wildman–Crippen LogP) is 3.46. The minimum absolute atomic E-state index is 0.686. The van der Waals surface area contributed by atoms with E-state index in [9.17, 15) is 4.57 Å². The molecule has 1 nitrogen and oxygen atoms in total. The van der Waals surface area contributed by atoms with Crippen molar-refractivity contribution in [1.82, 2.24) is 0 Å². The molecule has 0 aliphatic heterocycles. The summed E-state index contributed by atoms with van der Waals surface area (Å²) in [7, 11) is 0. The van der Waals surface area contributed by atoms with Crippen molar-refractivity contribution in [1.29, 1.82) is 0 Å². The Labute approximate surface area is 100 Å². The molecule has 0 saturated carbocycles. The molecular formula is C13H12ClOP. The van der Waals surface area contributed by atoms with Gasteiger partial charge in [0.1, 0.15) is 0 Å². The monoisotopic (exact) mass is 250 g/mol. The Balaban J connectivity index is 2.56. The summed E-state index contributed by atoms with van der Waals surface area (Å²) >= 11 is 6.25. The number of hydrogen-bond donors (Lipinski definition) is 0. The molecule has 0 N–H and O–H groups in total. The molecule has 82 valence electrons. The molecule has 0 bridgehead atoms. The highest BCUT2D eigenvalue weighted by atomic mass is 35.7. The Morgan fingerprint density at radius 1 is 0.938 bits per heavy atom. The SMILES string of the molecule is Cc1ccccc1P(=O)(Cl)c1ccccc1. The Kier molecular flexibility index (Phi) is 3.18. The molecule has 1 unspecified atom stereocenters. The van der Waals surface area contributed by atoms with Crippen LogP contribution in [0.1, 0.15) is 5.56 Å². The summed E-state index contributed by atoms with van der Waals surface area (Å²) in [5.41, 5.74) is 0.963. The molecule has 0 radical (unpaired) electrons. The van der Waals surface area contributed by atoms with Crippen molar-refractivity contribution in [2.45, 2.75) is 6.92 Å². The maximum Gasteiger partial charge on any atom is 0.225 e. The molecular weight excluding hydrogens is 239 g/mol. The smallest absolute Gasteiger partial charge is 0.225 e. The van der Waals surface area contributed by atoms with E-state index in [1.54, 1.807) is 12.1 Å². The van der Waals surface area contributed by atoms with Crippen molar-refractivity contribution in [2.75, 3.05) is 0 Å². The molecule has 2 rings (SSSR count). The molecule has 0 aromatic heterocycles. The van der Waals surface area contributed by atoms with Crippen LogP contribution in [0.5, 0.6) is 0 Å². The maximum atomic E-state index is 12.6. The lowest BCUT2D eigenvalue weighted by Crippen LogP contribution is -2.14. The summed E-state index contributed by atoms with van der Waals surface area (Å²) in [4.78, 5) is 0. The molecule has 0 aliphatic rings. The Morgan fingerprint density at radius 3 is 2.12 bits per heavy atom. The van der Waals surface area contributed by atoms with Crippen molar-refractivity contribution in [3.8, 4) is 0 Å². The van der Waals surface area contributed by atoms with Crippen molar-refractivity contribution >= 4 is 28.3 Å². The van der Waals surface area contributed by atoms with Gasteiger partial charge in [-0.05, 0) is 29.8 Å². The summed E-state index contributed by atoms with van der Waals surface area (Å²) in [5.74, 6) is 0. The highest BCUT2D eigenvalue weighted by Gasteiger charge is 2.25. The number of rotatable bonds is 2. The zero-order valence-corrected chi connectivity index (χ0v) is 10.6. The molecule has 0 heterocycles. The van der Waals surface area contributed by atoms with Gasteiger partial charge in [-0.3, -0.25) is 4.57 Å². The van der Waals surface area contributed by atoms with Crippen molar-refractivity contribution < 1.29 is 4.57 Å². The molecule has 0 fully saturated rings. The van der Waals surface area contributed by atoms with Crippen LogP contribution in [0, 0.1) is 6.92 Å². The van der Waals surface area contributed by atoms with Crippen LogP contribution in [0.15, 0.2) is 54.6 Å². The van der Waals surface area contributed by atoms with Gasteiger partial charge < -0.3 is 0 Å². The zero-order chi connectivity index (χ0) is 11.6. The fourth-order valence-corrected chi connectivity index (χ4v) is 4.19. The molecule has 0 amide bonds. The summed E-state index contributed by atoms with van der Waals surface area (Å²) in [6.07, 6.45) is 0. The maximum absolute atomic E-state index is 12.6. The quantitative estimate of drug-likeness (QED) is 0.746. The van der Waals surface area contributed by atoms with Crippen molar-refractivity contribution in [3.63, 3.8) is 0 Å². The third-order valence-electron chi connectivity index (χ3n) is 2.51. The van der Waals surface area contributed by atoms with Crippen LogP contribution in [0.3, 0.4) is 0 Å². The first-order valence-electron chi connectivity index (χ1n) is 5.04. The van der Waals surface area contributed by atoms with Gasteiger partial charge in [0.05, 0.1) is 0 Å². The van der Waals surface area contributed by atoms with Crippen LogP contribution in [-0.2, 0) is 4.57 Å². The molecule has 2 aromatic carbocycles. The van der Waals surface area contributed by atoms with Gasteiger partial charge in [-0.1, -0.05) is 48.5 Å². The number of hydrogen-bond acceptors (Lipinski definition) is 1.